The standard InChI is InChI=1S/C11H8FNO2/c1-7(14)10-6-9(12)4-2-8(10)3-5-11(13)15/h2,4,6H,1H3,(H2,13,15). The largest absolute Gasteiger partial charge is 0.359 e. The van der Waals surface area contributed by atoms with Crippen molar-refractivity contribution in [2.24, 2.45) is 5.73 Å². The number of Topliss-reactive ketones (excluding diaryl/α,β-unsaturated/α-hetero) is 1. The maximum absolute atomic E-state index is 12.8. The third-order valence-electron chi connectivity index (χ3n) is 1.68. The van der Waals surface area contributed by atoms with Gasteiger partial charge in [-0.1, -0.05) is 5.92 Å². The van der Waals surface area contributed by atoms with Gasteiger partial charge in [-0.25, -0.2) is 4.39 Å². The van der Waals surface area contributed by atoms with Crippen molar-refractivity contribution in [1.82, 2.24) is 0 Å². The van der Waals surface area contributed by atoms with Crippen molar-refractivity contribution < 1.29 is 14.0 Å². The Morgan fingerprint density at radius 3 is 2.60 bits per heavy atom. The minimum Gasteiger partial charge on any atom is -0.359 e. The number of hydrogen-bond acceptors (Lipinski definition) is 2. The fraction of sp³-hybridized carbons (Fsp3) is 0.0909. The van der Waals surface area contributed by atoms with E-state index in [0.717, 1.165) is 12.1 Å². The van der Waals surface area contributed by atoms with Crippen LogP contribution >= 0.6 is 0 Å². The number of nitrogens with two attached hydrogens (primary N) is 1. The zero-order valence-corrected chi connectivity index (χ0v) is 8.00. The molecule has 15 heavy (non-hydrogen) atoms. The van der Waals surface area contributed by atoms with Crippen molar-refractivity contribution in [3.05, 3.63) is 35.1 Å². The first kappa shape index (κ1) is 10.9. The molecule has 76 valence electrons. The van der Waals surface area contributed by atoms with Crippen molar-refractivity contribution in [3.63, 3.8) is 0 Å². The van der Waals surface area contributed by atoms with Crippen LogP contribution in [-0.4, -0.2) is 11.7 Å². The first-order chi connectivity index (χ1) is 7.00. The number of halogens is 1. The molecule has 0 aliphatic carbocycles. The third-order valence-corrected chi connectivity index (χ3v) is 1.68. The molecule has 0 atom stereocenters. The molecular formula is C11H8FNO2. The van der Waals surface area contributed by atoms with Crippen LogP contribution in [0.1, 0.15) is 22.8 Å². The van der Waals surface area contributed by atoms with Crippen LogP contribution in [0.15, 0.2) is 18.2 Å². The van der Waals surface area contributed by atoms with E-state index < -0.39 is 11.7 Å². The molecule has 0 unspecified atom stereocenters. The first-order valence-corrected chi connectivity index (χ1v) is 4.12. The fourth-order valence-corrected chi connectivity index (χ4v) is 1.05. The quantitative estimate of drug-likeness (QED) is 0.546. The van der Waals surface area contributed by atoms with Gasteiger partial charge in [0, 0.05) is 17.0 Å². The molecule has 0 radical (unpaired) electrons. The molecule has 0 aliphatic heterocycles. The minimum absolute atomic E-state index is 0.142. The lowest BCUT2D eigenvalue weighted by Crippen LogP contribution is -2.06. The van der Waals surface area contributed by atoms with Crippen LogP contribution in [-0.2, 0) is 4.79 Å². The summed E-state index contributed by atoms with van der Waals surface area (Å²) in [7, 11) is 0. The molecule has 4 heteroatoms. The van der Waals surface area contributed by atoms with Gasteiger partial charge >= 0.3 is 0 Å². The Labute approximate surface area is 86.1 Å². The second-order valence-corrected chi connectivity index (χ2v) is 2.86. The highest BCUT2D eigenvalue weighted by atomic mass is 19.1. The molecule has 0 fully saturated rings. The number of carbonyl (C=O) groups is 2. The van der Waals surface area contributed by atoms with Crippen LogP contribution < -0.4 is 5.73 Å². The smallest absolute Gasteiger partial charge is 0.293 e. The van der Waals surface area contributed by atoms with Crippen molar-refractivity contribution in [3.8, 4) is 11.8 Å². The Kier molecular flexibility index (Phi) is 3.19. The maximum atomic E-state index is 12.8. The molecule has 0 bridgehead atoms. The Hall–Kier alpha value is -2.15. The number of rotatable bonds is 1. The predicted molar refractivity (Wildman–Crippen MR) is 52.5 cm³/mol. The van der Waals surface area contributed by atoms with Gasteiger partial charge in [0.2, 0.25) is 0 Å². The summed E-state index contributed by atoms with van der Waals surface area (Å²) in [5, 5.41) is 0. The maximum Gasteiger partial charge on any atom is 0.293 e. The van der Waals surface area contributed by atoms with Gasteiger partial charge in [-0.15, -0.1) is 0 Å². The van der Waals surface area contributed by atoms with Gasteiger partial charge in [0.05, 0.1) is 0 Å². The van der Waals surface area contributed by atoms with Crippen molar-refractivity contribution in [2.75, 3.05) is 0 Å². The van der Waals surface area contributed by atoms with Gasteiger partial charge in [-0.3, -0.25) is 9.59 Å². The summed E-state index contributed by atoms with van der Waals surface area (Å²) in [6.45, 7) is 1.30. The zero-order chi connectivity index (χ0) is 11.4. The van der Waals surface area contributed by atoms with Crippen molar-refractivity contribution >= 4 is 11.7 Å². The van der Waals surface area contributed by atoms with E-state index in [0.29, 0.717) is 5.56 Å². The second-order valence-electron chi connectivity index (χ2n) is 2.86. The zero-order valence-electron chi connectivity index (χ0n) is 8.00. The molecule has 0 saturated heterocycles. The summed E-state index contributed by atoms with van der Waals surface area (Å²) < 4.78 is 12.8. The van der Waals surface area contributed by atoms with E-state index in [1.165, 1.54) is 13.0 Å². The Morgan fingerprint density at radius 1 is 1.40 bits per heavy atom. The van der Waals surface area contributed by atoms with E-state index >= 15 is 0 Å². The second kappa shape index (κ2) is 4.38. The summed E-state index contributed by atoms with van der Waals surface area (Å²) in [5.41, 5.74) is 5.26. The molecule has 3 nitrogen and oxygen atoms in total. The lowest BCUT2D eigenvalue weighted by atomic mass is 10.0. The highest BCUT2D eigenvalue weighted by molar-refractivity contribution is 5.98. The number of carbonyl (C=O) groups excluding carboxylic acids is 2. The van der Waals surface area contributed by atoms with Crippen LogP contribution in [0.2, 0.25) is 0 Å². The average Bonchev–Trinajstić information content (AvgIpc) is 2.15. The summed E-state index contributed by atoms with van der Waals surface area (Å²) in [5.74, 6) is 2.86. The number of hydrogen-bond donors (Lipinski definition) is 1. The molecule has 0 saturated carbocycles. The van der Waals surface area contributed by atoms with E-state index in [2.05, 4.69) is 11.8 Å². The van der Waals surface area contributed by atoms with Crippen LogP contribution in [0, 0.1) is 17.7 Å². The topological polar surface area (TPSA) is 60.2 Å². The van der Waals surface area contributed by atoms with Gasteiger partial charge in [0.1, 0.15) is 5.82 Å². The summed E-state index contributed by atoms with van der Waals surface area (Å²) in [6, 6.07) is 3.58. The molecule has 0 heterocycles. The number of benzene rings is 1. The van der Waals surface area contributed by atoms with E-state index in [9.17, 15) is 14.0 Å². The number of ketones is 1. The molecule has 0 aromatic heterocycles. The molecule has 1 rings (SSSR count). The van der Waals surface area contributed by atoms with Gasteiger partial charge in [0.25, 0.3) is 5.91 Å². The molecule has 2 N–H and O–H groups in total. The lowest BCUT2D eigenvalue weighted by Gasteiger charge is -1.99. The Bertz CT molecular complexity index is 483. The highest BCUT2D eigenvalue weighted by Gasteiger charge is 2.06. The summed E-state index contributed by atoms with van der Waals surface area (Å²) >= 11 is 0. The van der Waals surface area contributed by atoms with Gasteiger partial charge in [0.15, 0.2) is 5.78 Å². The van der Waals surface area contributed by atoms with E-state index in [-0.39, 0.29) is 11.3 Å². The van der Waals surface area contributed by atoms with Crippen molar-refractivity contribution in [1.29, 1.82) is 0 Å². The molecule has 1 amide bonds. The van der Waals surface area contributed by atoms with Crippen LogP contribution in [0.25, 0.3) is 0 Å². The normalized spacial score (nSPS) is 8.93. The van der Waals surface area contributed by atoms with Crippen LogP contribution in [0.5, 0.6) is 0 Å². The fourth-order valence-electron chi connectivity index (χ4n) is 1.05. The van der Waals surface area contributed by atoms with Gasteiger partial charge in [-0.05, 0) is 25.1 Å². The highest BCUT2D eigenvalue weighted by Crippen LogP contribution is 2.10. The lowest BCUT2D eigenvalue weighted by molar-refractivity contribution is -0.112. The Balaban J connectivity index is 3.25. The van der Waals surface area contributed by atoms with Crippen molar-refractivity contribution in [2.45, 2.75) is 6.92 Å². The van der Waals surface area contributed by atoms with E-state index in [4.69, 9.17) is 5.73 Å². The van der Waals surface area contributed by atoms with Gasteiger partial charge in [-0.2, -0.15) is 0 Å². The monoisotopic (exact) mass is 205 g/mol. The third kappa shape index (κ3) is 2.92. The minimum atomic E-state index is -0.797. The van der Waals surface area contributed by atoms with E-state index in [1.54, 1.807) is 0 Å². The average molecular weight is 205 g/mol. The molecule has 1 aromatic carbocycles. The summed E-state index contributed by atoms with van der Waals surface area (Å²) in [6.07, 6.45) is 0. The van der Waals surface area contributed by atoms with Crippen LogP contribution in [0.3, 0.4) is 0 Å². The number of primary amides is 1. The molecular weight excluding hydrogens is 197 g/mol. The molecule has 0 aliphatic rings. The Morgan fingerprint density at radius 2 is 2.07 bits per heavy atom. The van der Waals surface area contributed by atoms with E-state index in [1.807, 2.05) is 0 Å². The first-order valence-electron chi connectivity index (χ1n) is 4.12. The van der Waals surface area contributed by atoms with Gasteiger partial charge < -0.3 is 5.73 Å². The predicted octanol–water partition coefficient (Wildman–Crippen LogP) is 0.865. The summed E-state index contributed by atoms with van der Waals surface area (Å²) in [4.78, 5) is 21.5. The molecule has 1 aromatic rings. The SMILES string of the molecule is CC(=O)c1cc(F)ccc1C#CC(N)=O. The molecule has 0 spiro atoms. The van der Waals surface area contributed by atoms with Crippen LogP contribution in [0.4, 0.5) is 4.39 Å². The number of amides is 1.